The van der Waals surface area contributed by atoms with Crippen molar-refractivity contribution in [3.8, 4) is 0 Å². The Hall–Kier alpha value is -1.30. The first-order valence-corrected chi connectivity index (χ1v) is 6.88. The summed E-state index contributed by atoms with van der Waals surface area (Å²) in [7, 11) is 0. The Balaban J connectivity index is 2.82. The first-order chi connectivity index (χ1) is 9.35. The Kier molecular flexibility index (Phi) is 6.26. The van der Waals surface area contributed by atoms with Gasteiger partial charge < -0.3 is 16.2 Å². The summed E-state index contributed by atoms with van der Waals surface area (Å²) in [5.41, 5.74) is 5.93. The van der Waals surface area contributed by atoms with E-state index in [0.717, 1.165) is 12.8 Å². The minimum Gasteiger partial charge on any atom is -0.478 e. The molecule has 0 aliphatic carbocycles. The predicted molar refractivity (Wildman–Crippen MR) is 79.6 cm³/mol. The molecular weight excluding hydrogens is 303 g/mol. The lowest BCUT2D eigenvalue weighted by molar-refractivity contribution is -0.116. The second kappa shape index (κ2) is 7.47. The van der Waals surface area contributed by atoms with Crippen molar-refractivity contribution in [1.82, 2.24) is 0 Å². The van der Waals surface area contributed by atoms with Crippen molar-refractivity contribution >= 4 is 40.8 Å². The maximum absolute atomic E-state index is 11.8. The number of anilines is 1. The Bertz CT molecular complexity index is 497. The Morgan fingerprint density at radius 3 is 2.35 bits per heavy atom. The molecule has 0 aliphatic rings. The smallest absolute Gasteiger partial charge is 0.335 e. The van der Waals surface area contributed by atoms with Gasteiger partial charge in [0.15, 0.2) is 0 Å². The van der Waals surface area contributed by atoms with Crippen LogP contribution < -0.4 is 11.1 Å². The molecule has 0 saturated heterocycles. The number of carbonyl (C=O) groups is 2. The van der Waals surface area contributed by atoms with Crippen molar-refractivity contribution in [3.63, 3.8) is 0 Å². The second-order valence-electron chi connectivity index (χ2n) is 4.42. The van der Waals surface area contributed by atoms with Crippen LogP contribution in [0.5, 0.6) is 0 Å². The van der Waals surface area contributed by atoms with Crippen molar-refractivity contribution in [3.05, 3.63) is 27.7 Å². The average Bonchev–Trinajstić information content (AvgIpc) is 2.33. The van der Waals surface area contributed by atoms with Gasteiger partial charge >= 0.3 is 5.97 Å². The van der Waals surface area contributed by atoms with E-state index in [4.69, 9.17) is 34.0 Å². The van der Waals surface area contributed by atoms with Crippen molar-refractivity contribution in [2.24, 2.45) is 5.73 Å². The molecule has 0 saturated carbocycles. The van der Waals surface area contributed by atoms with E-state index in [9.17, 15) is 9.59 Å². The van der Waals surface area contributed by atoms with Crippen molar-refractivity contribution in [2.75, 3.05) is 5.32 Å². The van der Waals surface area contributed by atoms with Crippen LogP contribution in [-0.2, 0) is 4.79 Å². The van der Waals surface area contributed by atoms with E-state index in [0.29, 0.717) is 0 Å². The molecule has 0 aliphatic heterocycles. The number of hydrogen-bond acceptors (Lipinski definition) is 3. The fourth-order valence-electron chi connectivity index (χ4n) is 1.72. The fraction of sp³-hybridized carbons (Fsp3) is 0.385. The minimum atomic E-state index is -1.14. The summed E-state index contributed by atoms with van der Waals surface area (Å²) in [6.45, 7) is 1.98. The zero-order valence-electron chi connectivity index (χ0n) is 11.0. The van der Waals surface area contributed by atoms with Crippen molar-refractivity contribution in [1.29, 1.82) is 0 Å². The lowest BCUT2D eigenvalue weighted by atomic mass is 10.1. The normalized spacial score (nSPS) is 12.0. The first kappa shape index (κ1) is 16.8. The Morgan fingerprint density at radius 1 is 1.35 bits per heavy atom. The molecule has 0 fully saturated rings. The molecule has 5 nitrogen and oxygen atoms in total. The van der Waals surface area contributed by atoms with Crippen molar-refractivity contribution < 1.29 is 14.7 Å². The molecule has 1 aromatic rings. The molecule has 4 N–H and O–H groups in total. The third-order valence-corrected chi connectivity index (χ3v) is 3.26. The zero-order valence-corrected chi connectivity index (χ0v) is 12.5. The highest BCUT2D eigenvalue weighted by Crippen LogP contribution is 2.32. The van der Waals surface area contributed by atoms with Gasteiger partial charge in [-0.25, -0.2) is 4.79 Å². The summed E-state index contributed by atoms with van der Waals surface area (Å²) < 4.78 is 0. The van der Waals surface area contributed by atoms with Gasteiger partial charge in [0.05, 0.1) is 21.3 Å². The number of nitrogens with two attached hydrogens (primary N) is 1. The number of carboxylic acid groups (broad SMARTS) is 1. The van der Waals surface area contributed by atoms with E-state index in [1.807, 2.05) is 6.92 Å². The van der Waals surface area contributed by atoms with Crippen LogP contribution in [0.4, 0.5) is 5.69 Å². The summed E-state index contributed by atoms with van der Waals surface area (Å²) in [6, 6.07) is 2.24. The number of rotatable bonds is 6. The standard InChI is InChI=1S/C13H16Cl2N2O3/c1-2-3-8(16)6-11(18)17-12-9(14)4-7(13(19)20)5-10(12)15/h4-5,8H,2-3,6,16H2,1H3,(H,17,18)(H,19,20). The van der Waals surface area contributed by atoms with Gasteiger partial charge in [-0.05, 0) is 18.6 Å². The highest BCUT2D eigenvalue weighted by Gasteiger charge is 2.15. The molecule has 0 radical (unpaired) electrons. The Labute approximate surface area is 127 Å². The summed E-state index contributed by atoms with van der Waals surface area (Å²) in [5.74, 6) is -1.45. The molecule has 1 amide bonds. The van der Waals surface area contributed by atoms with E-state index in [1.165, 1.54) is 12.1 Å². The number of halogens is 2. The van der Waals surface area contributed by atoms with Crippen LogP contribution in [0, 0.1) is 0 Å². The van der Waals surface area contributed by atoms with Crippen LogP contribution in [0.15, 0.2) is 12.1 Å². The van der Waals surface area contributed by atoms with Crippen molar-refractivity contribution in [2.45, 2.75) is 32.2 Å². The first-order valence-electron chi connectivity index (χ1n) is 6.13. The molecule has 1 aromatic carbocycles. The van der Waals surface area contributed by atoms with Crippen LogP contribution in [-0.4, -0.2) is 23.0 Å². The monoisotopic (exact) mass is 318 g/mol. The predicted octanol–water partition coefficient (Wildman–Crippen LogP) is 3.15. The molecule has 1 rings (SSSR count). The summed E-state index contributed by atoms with van der Waals surface area (Å²) in [4.78, 5) is 22.6. The molecule has 7 heteroatoms. The Morgan fingerprint density at radius 2 is 1.90 bits per heavy atom. The molecule has 110 valence electrons. The topological polar surface area (TPSA) is 92.4 Å². The highest BCUT2D eigenvalue weighted by molar-refractivity contribution is 6.40. The summed E-state index contributed by atoms with van der Waals surface area (Å²) in [5, 5.41) is 11.6. The number of benzene rings is 1. The molecular formula is C13H16Cl2N2O3. The molecule has 0 spiro atoms. The number of nitrogens with one attached hydrogen (secondary N) is 1. The minimum absolute atomic E-state index is 0.0410. The van der Waals surface area contributed by atoms with E-state index < -0.39 is 5.97 Å². The van der Waals surface area contributed by atoms with Gasteiger partial charge in [-0.1, -0.05) is 36.5 Å². The van der Waals surface area contributed by atoms with E-state index in [1.54, 1.807) is 0 Å². The lowest BCUT2D eigenvalue weighted by Crippen LogP contribution is -2.27. The van der Waals surface area contributed by atoms with Gasteiger partial charge in [-0.2, -0.15) is 0 Å². The van der Waals surface area contributed by atoms with Crippen LogP contribution in [0.25, 0.3) is 0 Å². The molecule has 0 bridgehead atoms. The van der Waals surface area contributed by atoms with Crippen LogP contribution in [0.1, 0.15) is 36.5 Å². The van der Waals surface area contributed by atoms with Crippen LogP contribution in [0.3, 0.4) is 0 Å². The molecule has 0 aromatic heterocycles. The molecule has 0 heterocycles. The third-order valence-electron chi connectivity index (χ3n) is 2.66. The summed E-state index contributed by atoms with van der Waals surface area (Å²) in [6.07, 6.45) is 1.79. The number of amides is 1. The number of hydrogen-bond donors (Lipinski definition) is 3. The number of aromatic carboxylic acids is 1. The van der Waals surface area contributed by atoms with Gasteiger partial charge in [0.2, 0.25) is 5.91 Å². The average molecular weight is 319 g/mol. The highest BCUT2D eigenvalue weighted by atomic mass is 35.5. The zero-order chi connectivity index (χ0) is 15.3. The number of carboxylic acids is 1. The second-order valence-corrected chi connectivity index (χ2v) is 5.24. The largest absolute Gasteiger partial charge is 0.478 e. The summed E-state index contributed by atoms with van der Waals surface area (Å²) >= 11 is 11.9. The van der Waals surface area contributed by atoms with E-state index >= 15 is 0 Å². The fourth-order valence-corrected chi connectivity index (χ4v) is 2.30. The SMILES string of the molecule is CCCC(N)CC(=O)Nc1c(Cl)cc(C(=O)O)cc1Cl. The van der Waals surface area contributed by atoms with Gasteiger partial charge in [0, 0.05) is 12.5 Å². The third kappa shape index (κ3) is 4.67. The molecule has 1 atom stereocenters. The molecule has 1 unspecified atom stereocenters. The number of carbonyl (C=O) groups excluding carboxylic acids is 1. The van der Waals surface area contributed by atoms with E-state index in [2.05, 4.69) is 5.32 Å². The van der Waals surface area contributed by atoms with Crippen LogP contribution in [0.2, 0.25) is 10.0 Å². The van der Waals surface area contributed by atoms with Gasteiger partial charge in [0.25, 0.3) is 0 Å². The van der Waals surface area contributed by atoms with Crippen LogP contribution >= 0.6 is 23.2 Å². The van der Waals surface area contributed by atoms with E-state index in [-0.39, 0.29) is 39.7 Å². The quantitative estimate of drug-likeness (QED) is 0.751. The lowest BCUT2D eigenvalue weighted by Gasteiger charge is -2.13. The maximum atomic E-state index is 11.8. The molecule has 20 heavy (non-hydrogen) atoms. The maximum Gasteiger partial charge on any atom is 0.335 e. The van der Waals surface area contributed by atoms with Gasteiger partial charge in [-0.15, -0.1) is 0 Å². The van der Waals surface area contributed by atoms with Gasteiger partial charge in [0.1, 0.15) is 0 Å². The van der Waals surface area contributed by atoms with Gasteiger partial charge in [-0.3, -0.25) is 4.79 Å².